The molecule has 0 aromatic heterocycles. The van der Waals surface area contributed by atoms with Crippen LogP contribution in [0.2, 0.25) is 0 Å². The molecule has 1 aromatic carbocycles. The third kappa shape index (κ3) is 4.96. The fourth-order valence-electron chi connectivity index (χ4n) is 2.87. The molecule has 106 valence electrons. The Morgan fingerprint density at radius 2 is 1.95 bits per heavy atom. The lowest BCUT2D eigenvalue weighted by atomic mass is 10.0. The standard InChI is InChI=1S/C17H27NO/c1-2-8-17(15-9-4-3-5-10-15)18-13-14-19-16-11-6-7-12-16/h3-5,9-10,16-18H,2,6-8,11-14H2,1H3. The van der Waals surface area contributed by atoms with Gasteiger partial charge in [-0.05, 0) is 24.8 Å². The Labute approximate surface area is 117 Å². The number of rotatable bonds is 8. The third-order valence-corrected chi connectivity index (χ3v) is 3.93. The summed E-state index contributed by atoms with van der Waals surface area (Å²) in [6.07, 6.45) is 8.14. The summed E-state index contributed by atoms with van der Waals surface area (Å²) < 4.78 is 5.90. The molecule has 0 saturated heterocycles. The average molecular weight is 261 g/mol. The van der Waals surface area contributed by atoms with Crippen molar-refractivity contribution >= 4 is 0 Å². The molecule has 1 aliphatic rings. The molecule has 19 heavy (non-hydrogen) atoms. The zero-order chi connectivity index (χ0) is 13.3. The lowest BCUT2D eigenvalue weighted by Gasteiger charge is -2.19. The van der Waals surface area contributed by atoms with Crippen molar-refractivity contribution in [2.24, 2.45) is 0 Å². The number of hydrogen-bond donors (Lipinski definition) is 1. The minimum absolute atomic E-state index is 0.471. The highest BCUT2D eigenvalue weighted by molar-refractivity contribution is 5.18. The number of benzene rings is 1. The molecule has 0 radical (unpaired) electrons. The average Bonchev–Trinajstić information content (AvgIpc) is 2.96. The van der Waals surface area contributed by atoms with E-state index in [9.17, 15) is 0 Å². The SMILES string of the molecule is CCCC(NCCOC1CCCC1)c1ccccc1. The summed E-state index contributed by atoms with van der Waals surface area (Å²) >= 11 is 0. The maximum absolute atomic E-state index is 5.90. The molecule has 1 saturated carbocycles. The molecule has 1 aliphatic carbocycles. The summed E-state index contributed by atoms with van der Waals surface area (Å²) in [7, 11) is 0. The molecule has 1 atom stereocenters. The van der Waals surface area contributed by atoms with Crippen LogP contribution in [0.3, 0.4) is 0 Å². The lowest BCUT2D eigenvalue weighted by Crippen LogP contribution is -2.26. The Morgan fingerprint density at radius 1 is 1.21 bits per heavy atom. The maximum atomic E-state index is 5.90. The van der Waals surface area contributed by atoms with Gasteiger partial charge in [-0.15, -0.1) is 0 Å². The van der Waals surface area contributed by atoms with Gasteiger partial charge in [0.2, 0.25) is 0 Å². The van der Waals surface area contributed by atoms with Crippen LogP contribution in [0.4, 0.5) is 0 Å². The van der Waals surface area contributed by atoms with Crippen LogP contribution in [0, 0.1) is 0 Å². The largest absolute Gasteiger partial charge is 0.377 e. The normalized spacial score (nSPS) is 17.7. The highest BCUT2D eigenvalue weighted by Crippen LogP contribution is 2.21. The molecular formula is C17H27NO. The van der Waals surface area contributed by atoms with E-state index >= 15 is 0 Å². The summed E-state index contributed by atoms with van der Waals surface area (Å²) in [6.45, 7) is 4.04. The molecule has 1 fully saturated rings. The maximum Gasteiger partial charge on any atom is 0.0594 e. The van der Waals surface area contributed by atoms with Gasteiger partial charge in [0.15, 0.2) is 0 Å². The van der Waals surface area contributed by atoms with Crippen molar-refractivity contribution in [1.82, 2.24) is 5.32 Å². The zero-order valence-corrected chi connectivity index (χ0v) is 12.1. The molecule has 2 rings (SSSR count). The van der Waals surface area contributed by atoms with E-state index in [1.165, 1.54) is 44.1 Å². The molecule has 0 aliphatic heterocycles. The molecule has 1 N–H and O–H groups in total. The first-order valence-electron chi connectivity index (χ1n) is 7.80. The number of nitrogens with one attached hydrogen (secondary N) is 1. The van der Waals surface area contributed by atoms with Crippen LogP contribution in [-0.2, 0) is 4.74 Å². The fourth-order valence-corrected chi connectivity index (χ4v) is 2.87. The molecule has 1 unspecified atom stereocenters. The van der Waals surface area contributed by atoms with E-state index in [2.05, 4.69) is 42.6 Å². The van der Waals surface area contributed by atoms with Crippen LogP contribution in [0.25, 0.3) is 0 Å². The Balaban J connectivity index is 1.71. The smallest absolute Gasteiger partial charge is 0.0594 e. The molecule has 0 bridgehead atoms. The van der Waals surface area contributed by atoms with E-state index in [1.807, 2.05) is 0 Å². The van der Waals surface area contributed by atoms with Crippen LogP contribution in [-0.4, -0.2) is 19.3 Å². The van der Waals surface area contributed by atoms with E-state index in [-0.39, 0.29) is 0 Å². The van der Waals surface area contributed by atoms with Gasteiger partial charge in [0.1, 0.15) is 0 Å². The first-order chi connectivity index (χ1) is 9.40. The number of hydrogen-bond acceptors (Lipinski definition) is 2. The van der Waals surface area contributed by atoms with Gasteiger partial charge in [0.05, 0.1) is 12.7 Å². The van der Waals surface area contributed by atoms with Crippen LogP contribution in [0.5, 0.6) is 0 Å². The molecule has 2 nitrogen and oxygen atoms in total. The van der Waals surface area contributed by atoms with E-state index in [0.29, 0.717) is 12.1 Å². The molecule has 2 heteroatoms. The first-order valence-corrected chi connectivity index (χ1v) is 7.80. The van der Waals surface area contributed by atoms with Gasteiger partial charge in [-0.3, -0.25) is 0 Å². The van der Waals surface area contributed by atoms with Gasteiger partial charge in [0.25, 0.3) is 0 Å². The Morgan fingerprint density at radius 3 is 2.63 bits per heavy atom. The fraction of sp³-hybridized carbons (Fsp3) is 0.647. The molecule has 0 spiro atoms. The van der Waals surface area contributed by atoms with Crippen molar-refractivity contribution in [3.63, 3.8) is 0 Å². The molecular weight excluding hydrogens is 234 g/mol. The van der Waals surface area contributed by atoms with Gasteiger partial charge < -0.3 is 10.1 Å². The Hall–Kier alpha value is -0.860. The minimum Gasteiger partial charge on any atom is -0.377 e. The van der Waals surface area contributed by atoms with E-state index in [0.717, 1.165) is 13.2 Å². The topological polar surface area (TPSA) is 21.3 Å². The molecule has 1 aromatic rings. The van der Waals surface area contributed by atoms with Crippen LogP contribution in [0.15, 0.2) is 30.3 Å². The van der Waals surface area contributed by atoms with Crippen molar-refractivity contribution in [1.29, 1.82) is 0 Å². The van der Waals surface area contributed by atoms with Gasteiger partial charge in [0, 0.05) is 12.6 Å². The van der Waals surface area contributed by atoms with Gasteiger partial charge in [-0.25, -0.2) is 0 Å². The van der Waals surface area contributed by atoms with Crippen LogP contribution >= 0.6 is 0 Å². The second-order valence-electron chi connectivity index (χ2n) is 5.48. The van der Waals surface area contributed by atoms with E-state index in [4.69, 9.17) is 4.74 Å². The first kappa shape index (κ1) is 14.5. The Bertz CT molecular complexity index is 332. The quantitative estimate of drug-likeness (QED) is 0.712. The highest BCUT2D eigenvalue weighted by atomic mass is 16.5. The van der Waals surface area contributed by atoms with Gasteiger partial charge in [-0.1, -0.05) is 56.5 Å². The highest BCUT2D eigenvalue weighted by Gasteiger charge is 2.15. The summed E-state index contributed by atoms with van der Waals surface area (Å²) in [6, 6.07) is 11.2. The van der Waals surface area contributed by atoms with Crippen molar-refractivity contribution in [3.8, 4) is 0 Å². The van der Waals surface area contributed by atoms with Gasteiger partial charge >= 0.3 is 0 Å². The predicted molar refractivity (Wildman–Crippen MR) is 80.3 cm³/mol. The second-order valence-corrected chi connectivity index (χ2v) is 5.48. The van der Waals surface area contributed by atoms with Crippen molar-refractivity contribution in [2.45, 2.75) is 57.6 Å². The second kappa shape index (κ2) is 8.34. The Kier molecular flexibility index (Phi) is 6.38. The van der Waals surface area contributed by atoms with Crippen molar-refractivity contribution < 1.29 is 4.74 Å². The van der Waals surface area contributed by atoms with E-state index in [1.54, 1.807) is 0 Å². The monoisotopic (exact) mass is 261 g/mol. The van der Waals surface area contributed by atoms with E-state index < -0.39 is 0 Å². The summed E-state index contributed by atoms with van der Waals surface area (Å²) in [4.78, 5) is 0. The summed E-state index contributed by atoms with van der Waals surface area (Å²) in [5.74, 6) is 0. The summed E-state index contributed by atoms with van der Waals surface area (Å²) in [5.41, 5.74) is 1.39. The number of ether oxygens (including phenoxy) is 1. The predicted octanol–water partition coefficient (Wildman–Crippen LogP) is 4.08. The van der Waals surface area contributed by atoms with Crippen LogP contribution in [0.1, 0.15) is 57.1 Å². The molecule has 0 heterocycles. The summed E-state index contributed by atoms with van der Waals surface area (Å²) in [5, 5.41) is 3.64. The van der Waals surface area contributed by atoms with Gasteiger partial charge in [-0.2, -0.15) is 0 Å². The zero-order valence-electron chi connectivity index (χ0n) is 12.1. The van der Waals surface area contributed by atoms with Crippen molar-refractivity contribution in [3.05, 3.63) is 35.9 Å². The van der Waals surface area contributed by atoms with Crippen LogP contribution < -0.4 is 5.32 Å². The third-order valence-electron chi connectivity index (χ3n) is 3.93. The van der Waals surface area contributed by atoms with Crippen molar-refractivity contribution in [2.75, 3.05) is 13.2 Å². The minimum atomic E-state index is 0.471. The lowest BCUT2D eigenvalue weighted by molar-refractivity contribution is 0.0589. The molecule has 0 amide bonds.